The van der Waals surface area contributed by atoms with Crippen LogP contribution in [0.5, 0.6) is 0 Å². The summed E-state index contributed by atoms with van der Waals surface area (Å²) in [6.45, 7) is 5.76. The highest BCUT2D eigenvalue weighted by atomic mass is 32.1. The molecule has 1 aliphatic rings. The summed E-state index contributed by atoms with van der Waals surface area (Å²) in [4.78, 5) is 2.51. The summed E-state index contributed by atoms with van der Waals surface area (Å²) < 4.78 is 0. The molecule has 1 saturated heterocycles. The van der Waals surface area contributed by atoms with Crippen LogP contribution in [0.2, 0.25) is 0 Å². The van der Waals surface area contributed by atoms with Gasteiger partial charge in [0, 0.05) is 25.7 Å². The summed E-state index contributed by atoms with van der Waals surface area (Å²) in [6.07, 6.45) is 2.36. The van der Waals surface area contributed by atoms with Crippen LogP contribution in [0.1, 0.15) is 18.9 Å². The molecular formula is C12H20N2S. The Morgan fingerprint density at radius 1 is 1.53 bits per heavy atom. The smallest absolute Gasteiger partial charge is 0.0170 e. The van der Waals surface area contributed by atoms with Gasteiger partial charge in [-0.15, -0.1) is 0 Å². The van der Waals surface area contributed by atoms with E-state index in [1.807, 2.05) is 0 Å². The number of nitrogens with zero attached hydrogens (tertiary/aromatic N) is 1. The molecule has 15 heavy (non-hydrogen) atoms. The molecule has 2 heterocycles. The van der Waals surface area contributed by atoms with Gasteiger partial charge >= 0.3 is 0 Å². The van der Waals surface area contributed by atoms with Crippen molar-refractivity contribution in [2.75, 3.05) is 19.6 Å². The number of piperidine rings is 1. The summed E-state index contributed by atoms with van der Waals surface area (Å²) in [6, 6.07) is 2.61. The lowest BCUT2D eigenvalue weighted by Gasteiger charge is -2.34. The maximum atomic E-state index is 6.02. The van der Waals surface area contributed by atoms with Gasteiger partial charge in [0.15, 0.2) is 0 Å². The molecule has 0 spiro atoms. The van der Waals surface area contributed by atoms with E-state index in [0.717, 1.165) is 19.0 Å². The first-order valence-corrected chi connectivity index (χ1v) is 6.67. The molecule has 0 radical (unpaired) electrons. The van der Waals surface area contributed by atoms with Crippen LogP contribution in [0.15, 0.2) is 16.8 Å². The molecule has 0 saturated carbocycles. The summed E-state index contributed by atoms with van der Waals surface area (Å²) in [5.41, 5.74) is 7.49. The third-order valence-electron chi connectivity index (χ3n) is 3.06. The van der Waals surface area contributed by atoms with Crippen LogP contribution in [-0.2, 0) is 6.42 Å². The van der Waals surface area contributed by atoms with E-state index in [-0.39, 0.29) is 0 Å². The number of likely N-dealkylation sites (tertiary alicyclic amines) is 1. The fourth-order valence-corrected chi connectivity index (χ4v) is 3.12. The Labute approximate surface area is 96.1 Å². The van der Waals surface area contributed by atoms with Crippen LogP contribution in [-0.4, -0.2) is 30.6 Å². The first-order valence-electron chi connectivity index (χ1n) is 5.73. The summed E-state index contributed by atoms with van der Waals surface area (Å²) in [7, 11) is 0. The van der Waals surface area contributed by atoms with E-state index in [0.29, 0.717) is 6.04 Å². The van der Waals surface area contributed by atoms with E-state index in [1.54, 1.807) is 11.3 Å². The van der Waals surface area contributed by atoms with Crippen LogP contribution in [0.25, 0.3) is 0 Å². The fraction of sp³-hybridized carbons (Fsp3) is 0.667. The second-order valence-electron chi connectivity index (χ2n) is 4.74. The Bertz CT molecular complexity index is 274. The van der Waals surface area contributed by atoms with Crippen LogP contribution in [0, 0.1) is 5.92 Å². The van der Waals surface area contributed by atoms with Crippen molar-refractivity contribution < 1.29 is 0 Å². The van der Waals surface area contributed by atoms with Gasteiger partial charge in [0.1, 0.15) is 0 Å². The molecule has 2 rings (SSSR count). The van der Waals surface area contributed by atoms with Gasteiger partial charge in [-0.1, -0.05) is 6.92 Å². The van der Waals surface area contributed by atoms with E-state index >= 15 is 0 Å². The number of hydrogen-bond acceptors (Lipinski definition) is 3. The van der Waals surface area contributed by atoms with Gasteiger partial charge in [-0.2, -0.15) is 11.3 Å². The molecule has 1 aromatic heterocycles. The molecule has 2 N–H and O–H groups in total. The third kappa shape index (κ3) is 3.30. The van der Waals surface area contributed by atoms with Crippen molar-refractivity contribution >= 4 is 11.3 Å². The average molecular weight is 224 g/mol. The molecule has 1 aliphatic heterocycles. The van der Waals surface area contributed by atoms with Crippen molar-refractivity contribution in [2.45, 2.75) is 25.8 Å². The van der Waals surface area contributed by atoms with Crippen LogP contribution in [0.4, 0.5) is 0 Å². The lowest BCUT2D eigenvalue weighted by atomic mass is 9.96. The molecule has 2 atom stereocenters. The maximum absolute atomic E-state index is 6.02. The van der Waals surface area contributed by atoms with E-state index in [4.69, 9.17) is 5.73 Å². The van der Waals surface area contributed by atoms with Gasteiger partial charge < -0.3 is 10.6 Å². The molecule has 2 unspecified atom stereocenters. The average Bonchev–Trinajstić information content (AvgIpc) is 2.65. The Morgan fingerprint density at radius 3 is 3.07 bits per heavy atom. The van der Waals surface area contributed by atoms with Gasteiger partial charge in [0.2, 0.25) is 0 Å². The monoisotopic (exact) mass is 224 g/mol. The zero-order valence-corrected chi connectivity index (χ0v) is 10.2. The highest BCUT2D eigenvalue weighted by Crippen LogP contribution is 2.15. The lowest BCUT2D eigenvalue weighted by molar-refractivity contribution is 0.167. The minimum Gasteiger partial charge on any atom is -0.327 e. The first kappa shape index (κ1) is 11.1. The first-order chi connectivity index (χ1) is 7.24. The second-order valence-corrected chi connectivity index (χ2v) is 5.52. The van der Waals surface area contributed by atoms with Crippen molar-refractivity contribution in [1.29, 1.82) is 0 Å². The zero-order chi connectivity index (χ0) is 10.7. The molecule has 2 nitrogen and oxygen atoms in total. The molecule has 84 valence electrons. The minimum atomic E-state index is 0.385. The van der Waals surface area contributed by atoms with Gasteiger partial charge in [-0.25, -0.2) is 0 Å². The molecule has 0 aromatic carbocycles. The van der Waals surface area contributed by atoms with Crippen molar-refractivity contribution in [3.05, 3.63) is 22.4 Å². The third-order valence-corrected chi connectivity index (χ3v) is 3.80. The van der Waals surface area contributed by atoms with Crippen LogP contribution < -0.4 is 5.73 Å². The van der Waals surface area contributed by atoms with Crippen molar-refractivity contribution in [3.63, 3.8) is 0 Å². The Hall–Kier alpha value is -0.380. The van der Waals surface area contributed by atoms with E-state index in [9.17, 15) is 0 Å². The van der Waals surface area contributed by atoms with Gasteiger partial charge in [0.05, 0.1) is 0 Å². The summed E-state index contributed by atoms with van der Waals surface area (Å²) >= 11 is 1.78. The summed E-state index contributed by atoms with van der Waals surface area (Å²) in [5.74, 6) is 0.760. The molecule has 1 fully saturated rings. The van der Waals surface area contributed by atoms with Gasteiger partial charge in [-0.3, -0.25) is 0 Å². The normalized spacial score (nSPS) is 28.1. The van der Waals surface area contributed by atoms with Crippen LogP contribution >= 0.6 is 11.3 Å². The molecule has 0 amide bonds. The Morgan fingerprint density at radius 2 is 2.40 bits per heavy atom. The number of rotatable bonds is 3. The Balaban J connectivity index is 1.79. The number of nitrogens with two attached hydrogens (primary N) is 1. The van der Waals surface area contributed by atoms with Crippen molar-refractivity contribution in [3.8, 4) is 0 Å². The fourth-order valence-electron chi connectivity index (χ4n) is 2.42. The highest BCUT2D eigenvalue weighted by Gasteiger charge is 2.21. The number of thiophene rings is 1. The molecule has 3 heteroatoms. The van der Waals surface area contributed by atoms with E-state index < -0.39 is 0 Å². The predicted molar refractivity (Wildman–Crippen MR) is 66.2 cm³/mol. The Kier molecular flexibility index (Phi) is 3.78. The standard InChI is InChI=1S/C12H20N2S/c1-10-6-12(13)8-14(7-10)4-2-11-3-5-15-9-11/h3,5,9-10,12H,2,4,6-8,13H2,1H3. The quantitative estimate of drug-likeness (QED) is 0.850. The topological polar surface area (TPSA) is 29.3 Å². The minimum absolute atomic E-state index is 0.385. The van der Waals surface area contributed by atoms with Crippen molar-refractivity contribution in [2.24, 2.45) is 11.7 Å². The maximum Gasteiger partial charge on any atom is 0.0170 e. The molecule has 0 bridgehead atoms. The van der Waals surface area contributed by atoms with E-state index in [1.165, 1.54) is 24.9 Å². The molecule has 1 aromatic rings. The van der Waals surface area contributed by atoms with Gasteiger partial charge in [0.25, 0.3) is 0 Å². The van der Waals surface area contributed by atoms with E-state index in [2.05, 4.69) is 28.7 Å². The lowest BCUT2D eigenvalue weighted by Crippen LogP contribution is -2.46. The number of hydrogen-bond donors (Lipinski definition) is 1. The molecule has 0 aliphatic carbocycles. The predicted octanol–water partition coefficient (Wildman–Crippen LogP) is 1.96. The SMILES string of the molecule is CC1CC(N)CN(CCc2ccsc2)C1. The molecular weight excluding hydrogens is 204 g/mol. The largest absolute Gasteiger partial charge is 0.327 e. The van der Waals surface area contributed by atoms with Crippen LogP contribution in [0.3, 0.4) is 0 Å². The van der Waals surface area contributed by atoms with Gasteiger partial charge in [-0.05, 0) is 41.1 Å². The zero-order valence-electron chi connectivity index (χ0n) is 9.36. The second kappa shape index (κ2) is 5.10. The summed E-state index contributed by atoms with van der Waals surface area (Å²) in [5, 5.41) is 4.40. The highest BCUT2D eigenvalue weighted by molar-refractivity contribution is 7.07. The van der Waals surface area contributed by atoms with Crippen molar-refractivity contribution in [1.82, 2.24) is 4.90 Å².